The number of thiophene rings is 1. The zero-order valence-electron chi connectivity index (χ0n) is 15.4. The topological polar surface area (TPSA) is 18.5 Å². The summed E-state index contributed by atoms with van der Waals surface area (Å²) in [5, 5.41) is 7.91. The van der Waals surface area contributed by atoms with Crippen LogP contribution in [0.5, 0.6) is 0 Å². The van der Waals surface area contributed by atoms with Crippen LogP contribution in [0.2, 0.25) is 5.02 Å². The number of benzene rings is 2. The Balaban J connectivity index is 1.21. The first-order chi connectivity index (χ1) is 13.3. The van der Waals surface area contributed by atoms with Crippen LogP contribution in [0.1, 0.15) is 11.1 Å². The van der Waals surface area contributed by atoms with Crippen LogP contribution >= 0.6 is 22.9 Å². The second-order valence-corrected chi connectivity index (χ2v) is 8.82. The number of nitrogens with zero attached hydrogens (tertiary/aromatic N) is 2. The molecule has 0 atom stereocenters. The van der Waals surface area contributed by atoms with Gasteiger partial charge in [-0.2, -0.15) is 0 Å². The summed E-state index contributed by atoms with van der Waals surface area (Å²) >= 11 is 8.34. The van der Waals surface area contributed by atoms with Gasteiger partial charge in [0.1, 0.15) is 0 Å². The van der Waals surface area contributed by atoms with Gasteiger partial charge in [-0.3, -0.25) is 4.90 Å². The van der Waals surface area contributed by atoms with E-state index in [9.17, 15) is 0 Å². The van der Waals surface area contributed by atoms with Crippen LogP contribution in [-0.2, 0) is 12.8 Å². The number of halogens is 1. The van der Waals surface area contributed by atoms with Gasteiger partial charge < -0.3 is 10.2 Å². The zero-order valence-corrected chi connectivity index (χ0v) is 17.0. The second kappa shape index (κ2) is 7.34. The number of piperazine rings is 1. The highest BCUT2D eigenvalue weighted by Crippen LogP contribution is 2.32. The first-order valence-corrected chi connectivity index (χ1v) is 11.0. The Kier molecular flexibility index (Phi) is 4.72. The van der Waals surface area contributed by atoms with Crippen LogP contribution in [-0.4, -0.2) is 44.2 Å². The summed E-state index contributed by atoms with van der Waals surface area (Å²) in [7, 11) is 0. The third-order valence-electron chi connectivity index (χ3n) is 5.87. The largest absolute Gasteiger partial charge is 0.384 e. The molecule has 5 heteroatoms. The Morgan fingerprint density at radius 2 is 1.96 bits per heavy atom. The van der Waals surface area contributed by atoms with Crippen molar-refractivity contribution in [2.45, 2.75) is 12.8 Å². The van der Waals surface area contributed by atoms with Gasteiger partial charge in [0.05, 0.1) is 0 Å². The molecule has 0 bridgehead atoms. The van der Waals surface area contributed by atoms with E-state index in [0.717, 1.165) is 57.1 Å². The van der Waals surface area contributed by atoms with Crippen LogP contribution in [0.4, 0.5) is 11.4 Å². The van der Waals surface area contributed by atoms with Crippen molar-refractivity contribution >= 4 is 44.4 Å². The van der Waals surface area contributed by atoms with E-state index in [-0.39, 0.29) is 0 Å². The Labute approximate surface area is 169 Å². The van der Waals surface area contributed by atoms with Crippen molar-refractivity contribution in [3.63, 3.8) is 0 Å². The van der Waals surface area contributed by atoms with E-state index in [1.54, 1.807) is 0 Å². The summed E-state index contributed by atoms with van der Waals surface area (Å²) in [4.78, 5) is 5.12. The van der Waals surface area contributed by atoms with Gasteiger partial charge in [-0.1, -0.05) is 23.7 Å². The molecule has 0 spiro atoms. The molecule has 5 rings (SSSR count). The highest BCUT2D eigenvalue weighted by molar-refractivity contribution is 7.17. The average molecular weight is 398 g/mol. The van der Waals surface area contributed by atoms with Gasteiger partial charge >= 0.3 is 0 Å². The molecular weight excluding hydrogens is 374 g/mol. The molecule has 2 aromatic carbocycles. The van der Waals surface area contributed by atoms with E-state index in [1.807, 2.05) is 11.3 Å². The highest BCUT2D eigenvalue weighted by atomic mass is 35.5. The number of hydrogen-bond donors (Lipinski definition) is 1. The Morgan fingerprint density at radius 3 is 2.85 bits per heavy atom. The van der Waals surface area contributed by atoms with Crippen molar-refractivity contribution in [2.75, 3.05) is 49.5 Å². The van der Waals surface area contributed by atoms with E-state index >= 15 is 0 Å². The van der Waals surface area contributed by atoms with Crippen molar-refractivity contribution in [2.24, 2.45) is 0 Å². The van der Waals surface area contributed by atoms with Crippen LogP contribution in [0.3, 0.4) is 0 Å². The Morgan fingerprint density at radius 1 is 1.07 bits per heavy atom. The number of rotatable bonds is 4. The Bertz CT molecular complexity index is 959. The van der Waals surface area contributed by atoms with Gasteiger partial charge in [-0.15, -0.1) is 11.3 Å². The summed E-state index contributed by atoms with van der Waals surface area (Å²) in [6.07, 6.45) is 2.15. The third-order valence-corrected chi connectivity index (χ3v) is 7.10. The maximum Gasteiger partial charge on any atom is 0.0459 e. The monoisotopic (exact) mass is 397 g/mol. The number of anilines is 2. The molecule has 0 aliphatic carbocycles. The van der Waals surface area contributed by atoms with Crippen LogP contribution in [0.15, 0.2) is 41.8 Å². The van der Waals surface area contributed by atoms with Crippen molar-refractivity contribution in [1.82, 2.24) is 4.90 Å². The fourth-order valence-electron chi connectivity index (χ4n) is 4.31. The van der Waals surface area contributed by atoms with Crippen molar-refractivity contribution < 1.29 is 0 Å². The predicted octanol–water partition coefficient (Wildman–Crippen LogP) is 4.89. The van der Waals surface area contributed by atoms with E-state index in [4.69, 9.17) is 11.6 Å². The SMILES string of the molecule is Clc1cc2c(cc1CCN1CCN(c3cccc4sccc34)CC1)CCN2. The molecule has 27 heavy (non-hydrogen) atoms. The van der Waals surface area contributed by atoms with E-state index in [2.05, 4.69) is 56.9 Å². The lowest BCUT2D eigenvalue weighted by Crippen LogP contribution is -2.47. The minimum Gasteiger partial charge on any atom is -0.384 e. The molecule has 3 aromatic rings. The molecule has 1 saturated heterocycles. The predicted molar refractivity (Wildman–Crippen MR) is 118 cm³/mol. The minimum absolute atomic E-state index is 0.908. The first-order valence-electron chi connectivity index (χ1n) is 9.76. The summed E-state index contributed by atoms with van der Waals surface area (Å²) in [5.74, 6) is 0. The summed E-state index contributed by atoms with van der Waals surface area (Å²) < 4.78 is 1.38. The lowest BCUT2D eigenvalue weighted by molar-refractivity contribution is 0.261. The summed E-state index contributed by atoms with van der Waals surface area (Å²) in [6, 6.07) is 13.3. The van der Waals surface area contributed by atoms with Gasteiger partial charge in [0, 0.05) is 65.8 Å². The molecule has 0 radical (unpaired) electrons. The normalized spacial score (nSPS) is 17.3. The van der Waals surface area contributed by atoms with Crippen molar-refractivity contribution in [3.8, 4) is 0 Å². The van der Waals surface area contributed by atoms with Gasteiger partial charge in [0.15, 0.2) is 0 Å². The number of fused-ring (bicyclic) bond motifs is 2. The molecule has 3 heterocycles. The van der Waals surface area contributed by atoms with Crippen LogP contribution in [0.25, 0.3) is 10.1 Å². The molecule has 3 nitrogen and oxygen atoms in total. The lowest BCUT2D eigenvalue weighted by Gasteiger charge is -2.36. The molecule has 0 unspecified atom stereocenters. The molecule has 1 aromatic heterocycles. The minimum atomic E-state index is 0.908. The maximum atomic E-state index is 6.51. The molecule has 0 saturated carbocycles. The number of nitrogens with one attached hydrogen (secondary N) is 1. The fourth-order valence-corrected chi connectivity index (χ4v) is 5.37. The van der Waals surface area contributed by atoms with Crippen molar-refractivity contribution in [1.29, 1.82) is 0 Å². The summed E-state index contributed by atoms with van der Waals surface area (Å²) in [5.41, 5.74) is 5.33. The highest BCUT2D eigenvalue weighted by Gasteiger charge is 2.19. The standard InChI is InChI=1S/C22H24ClN3S/c23-19-15-20-17(4-7-24-20)14-16(19)5-8-25-9-11-26(12-10-25)21-2-1-3-22-18(21)6-13-27-22/h1-3,6,13-15,24H,4-5,7-12H2. The molecular formula is C22H24ClN3S. The lowest BCUT2D eigenvalue weighted by atomic mass is 10.1. The van der Waals surface area contributed by atoms with Crippen LogP contribution in [0, 0.1) is 0 Å². The second-order valence-electron chi connectivity index (χ2n) is 7.47. The molecule has 2 aliphatic rings. The quantitative estimate of drug-likeness (QED) is 0.676. The van der Waals surface area contributed by atoms with E-state index in [1.165, 1.54) is 32.6 Å². The smallest absolute Gasteiger partial charge is 0.0459 e. The Hall–Kier alpha value is -1.75. The number of hydrogen-bond acceptors (Lipinski definition) is 4. The van der Waals surface area contributed by atoms with Crippen molar-refractivity contribution in [3.05, 3.63) is 57.9 Å². The van der Waals surface area contributed by atoms with E-state index < -0.39 is 0 Å². The van der Waals surface area contributed by atoms with Gasteiger partial charge in [-0.25, -0.2) is 0 Å². The zero-order chi connectivity index (χ0) is 18.2. The molecule has 1 N–H and O–H groups in total. The average Bonchev–Trinajstić information content (AvgIpc) is 3.35. The maximum absolute atomic E-state index is 6.51. The molecule has 0 amide bonds. The van der Waals surface area contributed by atoms with Crippen LogP contribution < -0.4 is 10.2 Å². The van der Waals surface area contributed by atoms with Gasteiger partial charge in [-0.05, 0) is 53.6 Å². The van der Waals surface area contributed by atoms with E-state index in [0.29, 0.717) is 0 Å². The molecule has 2 aliphatic heterocycles. The third kappa shape index (κ3) is 3.42. The molecule has 1 fully saturated rings. The van der Waals surface area contributed by atoms with Gasteiger partial charge in [0.25, 0.3) is 0 Å². The first kappa shape index (κ1) is 17.4. The fraction of sp³-hybridized carbons (Fsp3) is 0.364. The van der Waals surface area contributed by atoms with Gasteiger partial charge in [0.2, 0.25) is 0 Å². The molecule has 140 valence electrons. The summed E-state index contributed by atoms with van der Waals surface area (Å²) in [6.45, 7) is 6.54.